The van der Waals surface area contributed by atoms with Gasteiger partial charge in [0.15, 0.2) is 0 Å². The summed E-state index contributed by atoms with van der Waals surface area (Å²) in [5, 5.41) is 6.17. The third-order valence-corrected chi connectivity index (χ3v) is 3.07. The Bertz CT molecular complexity index is 469. The average Bonchev–Trinajstić information content (AvgIpc) is 2.45. The largest absolute Gasteiger partial charge is 0.497 e. The maximum absolute atomic E-state index is 11.5. The van der Waals surface area contributed by atoms with Gasteiger partial charge < -0.3 is 20.1 Å². The number of rotatable bonds is 7. The van der Waals surface area contributed by atoms with Crippen LogP contribution in [0.25, 0.3) is 0 Å². The number of benzene rings is 1. The Morgan fingerprint density at radius 1 is 1.27 bits per heavy atom. The molecule has 0 bridgehead atoms. The molecular weight excluding hydrogens is 280 g/mol. The zero-order valence-corrected chi connectivity index (χ0v) is 14.2. The van der Waals surface area contributed by atoms with Crippen LogP contribution in [0.1, 0.15) is 45.7 Å². The minimum absolute atomic E-state index is 0.233. The van der Waals surface area contributed by atoms with Gasteiger partial charge in [-0.15, -0.1) is 0 Å². The molecule has 1 rings (SSSR count). The number of amides is 1. The van der Waals surface area contributed by atoms with Crippen molar-refractivity contribution in [3.63, 3.8) is 0 Å². The summed E-state index contributed by atoms with van der Waals surface area (Å²) in [4.78, 5) is 11.5. The molecule has 2 N–H and O–H groups in total. The standard InChI is InChI=1S/C17H28N2O3/c1-13(14-8-6-9-15(12-14)21-5)18-10-7-11-19-16(20)22-17(2,3)4/h6,8-9,12-13,18H,7,10-11H2,1-5H3,(H,19,20)/t13-/m0/s1. The maximum atomic E-state index is 11.5. The number of ether oxygens (including phenoxy) is 2. The monoisotopic (exact) mass is 308 g/mol. The quantitative estimate of drug-likeness (QED) is 0.759. The lowest BCUT2D eigenvalue weighted by Crippen LogP contribution is -2.34. The van der Waals surface area contributed by atoms with Crippen LogP contribution in [0.15, 0.2) is 24.3 Å². The fourth-order valence-electron chi connectivity index (χ4n) is 1.94. The van der Waals surface area contributed by atoms with Crippen molar-refractivity contribution in [3.05, 3.63) is 29.8 Å². The van der Waals surface area contributed by atoms with Gasteiger partial charge in [-0.1, -0.05) is 12.1 Å². The Kier molecular flexibility index (Phi) is 7.18. The molecule has 124 valence electrons. The normalized spacial score (nSPS) is 12.6. The summed E-state index contributed by atoms with van der Waals surface area (Å²) in [6, 6.07) is 8.24. The molecule has 5 nitrogen and oxygen atoms in total. The van der Waals surface area contributed by atoms with Crippen molar-refractivity contribution in [2.45, 2.75) is 45.8 Å². The van der Waals surface area contributed by atoms with Gasteiger partial charge >= 0.3 is 6.09 Å². The Hall–Kier alpha value is -1.75. The number of methoxy groups -OCH3 is 1. The first kappa shape index (κ1) is 18.3. The van der Waals surface area contributed by atoms with Gasteiger partial charge in [0.2, 0.25) is 0 Å². The van der Waals surface area contributed by atoms with Gasteiger partial charge in [0.1, 0.15) is 11.4 Å². The molecule has 0 saturated heterocycles. The maximum Gasteiger partial charge on any atom is 0.407 e. The molecule has 0 unspecified atom stereocenters. The highest BCUT2D eigenvalue weighted by Gasteiger charge is 2.15. The lowest BCUT2D eigenvalue weighted by atomic mass is 10.1. The molecule has 5 heteroatoms. The topological polar surface area (TPSA) is 59.6 Å². The molecule has 0 radical (unpaired) electrons. The van der Waals surface area contributed by atoms with Crippen LogP contribution < -0.4 is 15.4 Å². The van der Waals surface area contributed by atoms with Crippen LogP contribution in [-0.2, 0) is 4.74 Å². The summed E-state index contributed by atoms with van der Waals surface area (Å²) in [6.45, 7) is 9.06. The van der Waals surface area contributed by atoms with Gasteiger partial charge in [-0.25, -0.2) is 4.79 Å². The lowest BCUT2D eigenvalue weighted by Gasteiger charge is -2.20. The van der Waals surface area contributed by atoms with E-state index in [1.54, 1.807) is 7.11 Å². The number of hydrogen-bond donors (Lipinski definition) is 2. The molecule has 1 aromatic carbocycles. The Balaban J connectivity index is 2.22. The third-order valence-electron chi connectivity index (χ3n) is 3.07. The van der Waals surface area contributed by atoms with Crippen molar-refractivity contribution in [2.24, 2.45) is 0 Å². The minimum Gasteiger partial charge on any atom is -0.497 e. The number of carbonyl (C=O) groups excluding carboxylic acids is 1. The smallest absolute Gasteiger partial charge is 0.407 e. The first-order valence-electron chi connectivity index (χ1n) is 7.66. The first-order valence-corrected chi connectivity index (χ1v) is 7.66. The molecule has 1 atom stereocenters. The van der Waals surface area contributed by atoms with Crippen LogP contribution in [0.2, 0.25) is 0 Å². The molecule has 0 aromatic heterocycles. The molecule has 0 fully saturated rings. The second-order valence-electron chi connectivity index (χ2n) is 6.23. The van der Waals surface area contributed by atoms with E-state index < -0.39 is 5.60 Å². The van der Waals surface area contributed by atoms with Gasteiger partial charge in [0, 0.05) is 12.6 Å². The summed E-state index contributed by atoms with van der Waals surface area (Å²) in [5.74, 6) is 0.859. The predicted molar refractivity (Wildman–Crippen MR) is 88.3 cm³/mol. The first-order chi connectivity index (χ1) is 10.3. The number of hydrogen-bond acceptors (Lipinski definition) is 4. The van der Waals surface area contributed by atoms with Gasteiger partial charge in [-0.3, -0.25) is 0 Å². The van der Waals surface area contributed by atoms with E-state index in [0.717, 1.165) is 18.7 Å². The van der Waals surface area contributed by atoms with E-state index in [1.165, 1.54) is 5.56 Å². The Morgan fingerprint density at radius 3 is 2.64 bits per heavy atom. The number of carbonyl (C=O) groups is 1. The minimum atomic E-state index is -0.455. The van der Waals surface area contributed by atoms with Crippen LogP contribution in [0.3, 0.4) is 0 Å². The highest BCUT2D eigenvalue weighted by molar-refractivity contribution is 5.67. The number of nitrogens with one attached hydrogen (secondary N) is 2. The second-order valence-corrected chi connectivity index (χ2v) is 6.23. The fourth-order valence-corrected chi connectivity index (χ4v) is 1.94. The lowest BCUT2D eigenvalue weighted by molar-refractivity contribution is 0.0527. The van der Waals surface area contributed by atoms with E-state index in [2.05, 4.69) is 23.6 Å². The molecule has 22 heavy (non-hydrogen) atoms. The molecule has 1 aromatic rings. The van der Waals surface area contributed by atoms with E-state index in [-0.39, 0.29) is 12.1 Å². The second kappa shape index (κ2) is 8.63. The zero-order chi connectivity index (χ0) is 16.6. The van der Waals surface area contributed by atoms with Crippen LogP contribution in [0.5, 0.6) is 5.75 Å². The molecule has 0 aliphatic rings. The molecule has 0 saturated carbocycles. The number of alkyl carbamates (subject to hydrolysis) is 1. The molecule has 0 aliphatic heterocycles. The summed E-state index contributed by atoms with van der Waals surface area (Å²) in [6.07, 6.45) is 0.474. The fraction of sp³-hybridized carbons (Fsp3) is 0.588. The van der Waals surface area contributed by atoms with Gasteiger partial charge in [-0.2, -0.15) is 0 Å². The molecule has 1 amide bonds. The predicted octanol–water partition coefficient (Wildman–Crippen LogP) is 3.26. The average molecular weight is 308 g/mol. The molecule has 0 aliphatic carbocycles. The van der Waals surface area contributed by atoms with Crippen molar-refractivity contribution in [2.75, 3.05) is 20.2 Å². The Labute approximate surface area is 133 Å². The highest BCUT2D eigenvalue weighted by Crippen LogP contribution is 2.18. The van der Waals surface area contributed by atoms with Crippen molar-refractivity contribution in [1.29, 1.82) is 0 Å². The molecule has 0 spiro atoms. The van der Waals surface area contributed by atoms with E-state index >= 15 is 0 Å². The van der Waals surface area contributed by atoms with Crippen LogP contribution in [0.4, 0.5) is 4.79 Å². The van der Waals surface area contributed by atoms with E-state index in [9.17, 15) is 4.79 Å². The van der Waals surface area contributed by atoms with E-state index in [4.69, 9.17) is 9.47 Å². The summed E-state index contributed by atoms with van der Waals surface area (Å²) >= 11 is 0. The highest BCUT2D eigenvalue weighted by atomic mass is 16.6. The SMILES string of the molecule is COc1cccc([C@H](C)NCCCNC(=O)OC(C)(C)C)c1. The van der Waals surface area contributed by atoms with Crippen molar-refractivity contribution in [3.8, 4) is 5.75 Å². The molecule has 0 heterocycles. The van der Waals surface area contributed by atoms with E-state index in [1.807, 2.05) is 39.0 Å². The van der Waals surface area contributed by atoms with Gasteiger partial charge in [0.05, 0.1) is 7.11 Å². The summed E-state index contributed by atoms with van der Waals surface area (Å²) in [7, 11) is 1.67. The zero-order valence-electron chi connectivity index (χ0n) is 14.2. The van der Waals surface area contributed by atoms with Crippen molar-refractivity contribution in [1.82, 2.24) is 10.6 Å². The van der Waals surface area contributed by atoms with Gasteiger partial charge in [0.25, 0.3) is 0 Å². The van der Waals surface area contributed by atoms with Crippen molar-refractivity contribution < 1.29 is 14.3 Å². The Morgan fingerprint density at radius 2 is 2.00 bits per heavy atom. The summed E-state index contributed by atoms with van der Waals surface area (Å²) < 4.78 is 10.4. The van der Waals surface area contributed by atoms with Gasteiger partial charge in [-0.05, 0) is 58.4 Å². The van der Waals surface area contributed by atoms with Crippen LogP contribution in [0, 0.1) is 0 Å². The van der Waals surface area contributed by atoms with Crippen LogP contribution in [-0.4, -0.2) is 31.9 Å². The summed E-state index contributed by atoms with van der Waals surface area (Å²) in [5.41, 5.74) is 0.725. The van der Waals surface area contributed by atoms with E-state index in [0.29, 0.717) is 6.54 Å². The molecular formula is C17H28N2O3. The third kappa shape index (κ3) is 7.31. The van der Waals surface area contributed by atoms with Crippen LogP contribution >= 0.6 is 0 Å². The van der Waals surface area contributed by atoms with Crippen molar-refractivity contribution >= 4 is 6.09 Å².